The van der Waals surface area contributed by atoms with Crippen LogP contribution in [-0.2, 0) is 4.79 Å². The quantitative estimate of drug-likeness (QED) is 0.480. The molecular weight excluding hydrogens is 228 g/mol. The number of amides is 1. The molecule has 0 aromatic heterocycles. The number of nitrogens with two attached hydrogens (primary N) is 1. The Bertz CT molecular complexity index is 380. The molecule has 1 aromatic carbocycles. The molecular formula is C11H15ClN2O2. The lowest BCUT2D eigenvalue weighted by Crippen LogP contribution is -2.44. The van der Waals surface area contributed by atoms with E-state index in [4.69, 9.17) is 22.2 Å². The second kappa shape index (κ2) is 5.18. The molecule has 5 heteroatoms. The zero-order chi connectivity index (χ0) is 12.2. The number of rotatable bonds is 4. The van der Waals surface area contributed by atoms with Gasteiger partial charge in [0.25, 0.3) is 0 Å². The van der Waals surface area contributed by atoms with Gasteiger partial charge in [-0.05, 0) is 32.0 Å². The highest BCUT2D eigenvalue weighted by Gasteiger charge is 2.27. The van der Waals surface area contributed by atoms with E-state index in [0.29, 0.717) is 10.8 Å². The number of hydrogen-bond acceptors (Lipinski definition) is 3. The zero-order valence-corrected chi connectivity index (χ0v) is 10.0. The van der Waals surface area contributed by atoms with Crippen molar-refractivity contribution in [1.82, 2.24) is 5.43 Å². The molecule has 0 unspecified atom stereocenters. The predicted molar refractivity (Wildman–Crippen MR) is 63.1 cm³/mol. The molecule has 0 fully saturated rings. The minimum atomic E-state index is -0.683. The number of nitrogens with one attached hydrogen (secondary N) is 1. The number of hydrogen-bond donors (Lipinski definition) is 2. The van der Waals surface area contributed by atoms with E-state index in [1.165, 1.54) is 0 Å². The number of hydrazine groups is 1. The van der Waals surface area contributed by atoms with Gasteiger partial charge in [-0.1, -0.05) is 17.7 Å². The summed E-state index contributed by atoms with van der Waals surface area (Å²) >= 11 is 5.81. The van der Waals surface area contributed by atoms with Crippen LogP contribution in [0.25, 0.3) is 0 Å². The summed E-state index contributed by atoms with van der Waals surface area (Å²) in [7, 11) is 0. The third-order valence-corrected chi connectivity index (χ3v) is 2.38. The van der Waals surface area contributed by atoms with Crippen LogP contribution in [0.15, 0.2) is 24.3 Å². The average Bonchev–Trinajstić information content (AvgIpc) is 2.25. The SMILES string of the molecule is CC(C)(COc1cccc(Cl)c1)C(=O)NN. The predicted octanol–water partition coefficient (Wildman–Crippen LogP) is 1.73. The van der Waals surface area contributed by atoms with Gasteiger partial charge in [0.15, 0.2) is 0 Å². The molecule has 0 aliphatic heterocycles. The summed E-state index contributed by atoms with van der Waals surface area (Å²) < 4.78 is 5.47. The van der Waals surface area contributed by atoms with Crippen molar-refractivity contribution in [2.45, 2.75) is 13.8 Å². The average molecular weight is 243 g/mol. The first-order chi connectivity index (χ1) is 7.45. The summed E-state index contributed by atoms with van der Waals surface area (Å²) in [5, 5.41) is 0.596. The Hall–Kier alpha value is -1.26. The maximum absolute atomic E-state index is 11.4. The smallest absolute Gasteiger partial charge is 0.242 e. The van der Waals surface area contributed by atoms with Gasteiger partial charge in [0.05, 0.1) is 5.41 Å². The van der Waals surface area contributed by atoms with Gasteiger partial charge in [-0.25, -0.2) is 5.84 Å². The maximum atomic E-state index is 11.4. The Kier molecular flexibility index (Phi) is 4.15. The minimum absolute atomic E-state index is 0.233. The number of carbonyl (C=O) groups excluding carboxylic acids is 1. The number of carbonyl (C=O) groups is 1. The summed E-state index contributed by atoms with van der Waals surface area (Å²) in [5.41, 5.74) is 1.42. The molecule has 0 heterocycles. The minimum Gasteiger partial charge on any atom is -0.492 e. The van der Waals surface area contributed by atoms with Crippen molar-refractivity contribution < 1.29 is 9.53 Å². The number of halogens is 1. The van der Waals surface area contributed by atoms with Gasteiger partial charge in [0.1, 0.15) is 12.4 Å². The van der Waals surface area contributed by atoms with Gasteiger partial charge in [0.2, 0.25) is 5.91 Å². The Morgan fingerprint density at radius 2 is 2.25 bits per heavy atom. The Morgan fingerprint density at radius 1 is 1.56 bits per heavy atom. The molecule has 1 aromatic rings. The lowest BCUT2D eigenvalue weighted by molar-refractivity contribution is -0.130. The van der Waals surface area contributed by atoms with Crippen LogP contribution >= 0.6 is 11.6 Å². The lowest BCUT2D eigenvalue weighted by Gasteiger charge is -2.22. The van der Waals surface area contributed by atoms with Crippen LogP contribution in [0.1, 0.15) is 13.8 Å². The fraction of sp³-hybridized carbons (Fsp3) is 0.364. The monoisotopic (exact) mass is 242 g/mol. The van der Waals surface area contributed by atoms with Crippen LogP contribution in [0, 0.1) is 5.41 Å². The van der Waals surface area contributed by atoms with Gasteiger partial charge in [-0.15, -0.1) is 0 Å². The Morgan fingerprint density at radius 3 is 2.81 bits per heavy atom. The Labute approximate surface area is 99.7 Å². The van der Waals surface area contributed by atoms with E-state index in [2.05, 4.69) is 5.43 Å². The molecule has 0 radical (unpaired) electrons. The fourth-order valence-corrected chi connectivity index (χ4v) is 1.26. The topological polar surface area (TPSA) is 64.3 Å². The van der Waals surface area contributed by atoms with Crippen LogP contribution in [0.4, 0.5) is 0 Å². The third-order valence-electron chi connectivity index (χ3n) is 2.14. The van der Waals surface area contributed by atoms with E-state index in [9.17, 15) is 4.79 Å². The van der Waals surface area contributed by atoms with Crippen molar-refractivity contribution in [3.8, 4) is 5.75 Å². The molecule has 0 bridgehead atoms. The largest absolute Gasteiger partial charge is 0.492 e. The number of ether oxygens (including phenoxy) is 1. The fourth-order valence-electron chi connectivity index (χ4n) is 1.08. The lowest BCUT2D eigenvalue weighted by atomic mass is 9.94. The molecule has 0 atom stereocenters. The first-order valence-corrected chi connectivity index (χ1v) is 5.23. The third kappa shape index (κ3) is 3.40. The van der Waals surface area contributed by atoms with Crippen LogP contribution < -0.4 is 16.0 Å². The van der Waals surface area contributed by atoms with Crippen molar-refractivity contribution in [3.05, 3.63) is 29.3 Å². The molecule has 88 valence electrons. The molecule has 0 saturated carbocycles. The summed E-state index contributed by atoms with van der Waals surface area (Å²) in [6.45, 7) is 3.73. The van der Waals surface area contributed by atoms with Crippen molar-refractivity contribution in [3.63, 3.8) is 0 Å². The van der Waals surface area contributed by atoms with E-state index in [0.717, 1.165) is 0 Å². The molecule has 16 heavy (non-hydrogen) atoms. The normalized spacial score (nSPS) is 11.0. The van der Waals surface area contributed by atoms with Gasteiger partial charge in [-0.3, -0.25) is 10.2 Å². The highest BCUT2D eigenvalue weighted by Crippen LogP contribution is 2.21. The highest BCUT2D eigenvalue weighted by molar-refractivity contribution is 6.30. The van der Waals surface area contributed by atoms with Crippen LogP contribution in [0.2, 0.25) is 5.02 Å². The van der Waals surface area contributed by atoms with Crippen molar-refractivity contribution in [2.75, 3.05) is 6.61 Å². The molecule has 0 aliphatic rings. The maximum Gasteiger partial charge on any atom is 0.242 e. The standard InChI is InChI=1S/C11H15ClN2O2/c1-11(2,10(15)14-13)7-16-9-5-3-4-8(12)6-9/h3-6H,7,13H2,1-2H3,(H,14,15). The second-order valence-corrected chi connectivity index (χ2v) is 4.54. The van der Waals surface area contributed by atoms with Gasteiger partial charge in [0, 0.05) is 5.02 Å². The highest BCUT2D eigenvalue weighted by atomic mass is 35.5. The van der Waals surface area contributed by atoms with Gasteiger partial charge >= 0.3 is 0 Å². The molecule has 1 amide bonds. The van der Waals surface area contributed by atoms with E-state index in [1.54, 1.807) is 38.1 Å². The number of benzene rings is 1. The van der Waals surface area contributed by atoms with Crippen LogP contribution in [-0.4, -0.2) is 12.5 Å². The summed E-state index contributed by atoms with van der Waals surface area (Å²) in [4.78, 5) is 11.4. The molecule has 3 N–H and O–H groups in total. The second-order valence-electron chi connectivity index (χ2n) is 4.10. The van der Waals surface area contributed by atoms with Crippen molar-refractivity contribution in [1.29, 1.82) is 0 Å². The Balaban J connectivity index is 2.61. The van der Waals surface area contributed by atoms with Gasteiger partial charge in [-0.2, -0.15) is 0 Å². The molecule has 4 nitrogen and oxygen atoms in total. The summed E-state index contributed by atoms with van der Waals surface area (Å²) in [5.74, 6) is 5.44. The molecule has 1 rings (SSSR count). The van der Waals surface area contributed by atoms with Gasteiger partial charge < -0.3 is 4.74 Å². The zero-order valence-electron chi connectivity index (χ0n) is 9.29. The van der Waals surface area contributed by atoms with E-state index in [1.807, 2.05) is 0 Å². The van der Waals surface area contributed by atoms with Crippen molar-refractivity contribution in [2.24, 2.45) is 11.3 Å². The van der Waals surface area contributed by atoms with E-state index in [-0.39, 0.29) is 12.5 Å². The molecule has 0 saturated heterocycles. The summed E-state index contributed by atoms with van der Waals surface area (Å²) in [6, 6.07) is 7.01. The molecule has 0 spiro atoms. The van der Waals surface area contributed by atoms with Crippen LogP contribution in [0.5, 0.6) is 5.75 Å². The molecule has 0 aliphatic carbocycles. The summed E-state index contributed by atoms with van der Waals surface area (Å²) in [6.07, 6.45) is 0. The van der Waals surface area contributed by atoms with Crippen molar-refractivity contribution >= 4 is 17.5 Å². The first kappa shape index (κ1) is 12.8. The van der Waals surface area contributed by atoms with Crippen LogP contribution in [0.3, 0.4) is 0 Å². The first-order valence-electron chi connectivity index (χ1n) is 4.85. The van der Waals surface area contributed by atoms with E-state index >= 15 is 0 Å². The van der Waals surface area contributed by atoms with E-state index < -0.39 is 5.41 Å².